The van der Waals surface area contributed by atoms with Crippen molar-refractivity contribution in [2.24, 2.45) is 0 Å². The highest BCUT2D eigenvalue weighted by Gasteiger charge is 2.33. The van der Waals surface area contributed by atoms with E-state index in [1.165, 1.54) is 6.33 Å². The van der Waals surface area contributed by atoms with Gasteiger partial charge in [0, 0.05) is 36.6 Å². The molecule has 110 valence electrons. The average molecular weight is 291 g/mol. The Morgan fingerprint density at radius 3 is 2.76 bits per heavy atom. The van der Waals surface area contributed by atoms with E-state index in [9.17, 15) is 8.78 Å². The van der Waals surface area contributed by atoms with Gasteiger partial charge in [0.15, 0.2) is 0 Å². The normalized spacial score (nSPS) is 18.9. The van der Waals surface area contributed by atoms with Gasteiger partial charge in [-0.05, 0) is 6.07 Å². The van der Waals surface area contributed by atoms with Gasteiger partial charge in [-0.25, -0.2) is 18.7 Å². The highest BCUT2D eigenvalue weighted by molar-refractivity contribution is 5.37. The summed E-state index contributed by atoms with van der Waals surface area (Å²) in [5.41, 5.74) is 1.34. The fourth-order valence-electron chi connectivity index (χ4n) is 2.58. The van der Waals surface area contributed by atoms with Crippen molar-refractivity contribution in [1.29, 1.82) is 0 Å². The van der Waals surface area contributed by atoms with Gasteiger partial charge >= 0.3 is 0 Å². The molecule has 0 bridgehead atoms. The van der Waals surface area contributed by atoms with Crippen LogP contribution in [0.5, 0.6) is 5.75 Å². The topological polar surface area (TPSA) is 38.2 Å². The number of rotatable bonds is 3. The molecule has 0 amide bonds. The van der Waals surface area contributed by atoms with Crippen LogP contribution in [0.25, 0.3) is 0 Å². The zero-order valence-corrected chi connectivity index (χ0v) is 11.3. The Balaban J connectivity index is 1.92. The number of aromatic nitrogens is 2. The molecule has 0 N–H and O–H groups in total. The molecule has 0 spiro atoms. The van der Waals surface area contributed by atoms with Crippen LogP contribution in [0.3, 0.4) is 0 Å². The number of fused-ring (bicyclic) bond motifs is 1. The van der Waals surface area contributed by atoms with Crippen molar-refractivity contribution in [1.82, 2.24) is 14.9 Å². The summed E-state index contributed by atoms with van der Waals surface area (Å²) >= 11 is 0. The molecule has 0 saturated heterocycles. The maximum Gasteiger partial charge on any atom is 0.258 e. The first kappa shape index (κ1) is 13.9. The number of benzene rings is 1. The molecule has 21 heavy (non-hydrogen) atoms. The maximum absolute atomic E-state index is 13.6. The average Bonchev–Trinajstić information content (AvgIpc) is 2.67. The predicted molar refractivity (Wildman–Crippen MR) is 73.1 cm³/mol. The van der Waals surface area contributed by atoms with E-state index in [4.69, 9.17) is 4.74 Å². The Morgan fingerprint density at radius 2 is 2.00 bits per heavy atom. The van der Waals surface area contributed by atoms with Gasteiger partial charge in [-0.1, -0.05) is 18.2 Å². The Bertz CT molecular complexity index is 594. The van der Waals surface area contributed by atoms with Crippen molar-refractivity contribution in [3.63, 3.8) is 0 Å². The molecule has 2 heterocycles. The molecule has 4 nitrogen and oxygen atoms in total. The van der Waals surface area contributed by atoms with Crippen LogP contribution < -0.4 is 4.74 Å². The van der Waals surface area contributed by atoms with E-state index in [1.54, 1.807) is 41.6 Å². The van der Waals surface area contributed by atoms with Gasteiger partial charge < -0.3 is 4.74 Å². The summed E-state index contributed by atoms with van der Waals surface area (Å²) in [6.07, 6.45) is 2.23. The van der Waals surface area contributed by atoms with Crippen LogP contribution in [0.1, 0.15) is 17.2 Å². The Labute approximate surface area is 121 Å². The van der Waals surface area contributed by atoms with Crippen LogP contribution in [-0.2, 0) is 6.54 Å². The summed E-state index contributed by atoms with van der Waals surface area (Å²) in [6.45, 7) is 1.18. The number of nitrogens with zero attached hydrogens (tertiary/aromatic N) is 3. The second kappa shape index (κ2) is 6.13. The number of halogens is 2. The standard InChI is InChI=1S/C15H15F2N3O/c16-15(17)14-12-3-1-2-4-13(12)21-6-5-20(14)9-11-7-18-10-19-8-11/h1-4,7-8,10,14-15H,5-6,9H2. The minimum atomic E-state index is -2.49. The van der Waals surface area contributed by atoms with Crippen molar-refractivity contribution in [3.05, 3.63) is 54.1 Å². The quantitative estimate of drug-likeness (QED) is 0.871. The fraction of sp³-hybridized carbons (Fsp3) is 0.333. The summed E-state index contributed by atoms with van der Waals surface area (Å²) in [5, 5.41) is 0. The van der Waals surface area contributed by atoms with Crippen molar-refractivity contribution >= 4 is 0 Å². The molecule has 1 aliphatic heterocycles. The summed E-state index contributed by atoms with van der Waals surface area (Å²) in [5.74, 6) is 0.537. The van der Waals surface area contributed by atoms with Crippen LogP contribution in [0.2, 0.25) is 0 Å². The molecule has 2 aromatic rings. The van der Waals surface area contributed by atoms with Crippen LogP contribution in [0.15, 0.2) is 43.0 Å². The first-order valence-electron chi connectivity index (χ1n) is 6.73. The van der Waals surface area contributed by atoms with E-state index in [0.29, 0.717) is 31.0 Å². The summed E-state index contributed by atoms with van der Waals surface area (Å²) in [7, 11) is 0. The number of para-hydroxylation sites is 1. The fourth-order valence-corrected chi connectivity index (χ4v) is 2.58. The summed E-state index contributed by atoms with van der Waals surface area (Å²) in [4.78, 5) is 9.58. The largest absolute Gasteiger partial charge is 0.492 e. The Kier molecular flexibility index (Phi) is 4.06. The maximum atomic E-state index is 13.6. The number of hydrogen-bond acceptors (Lipinski definition) is 4. The molecule has 1 aliphatic rings. The van der Waals surface area contributed by atoms with Crippen LogP contribution in [-0.4, -0.2) is 34.4 Å². The van der Waals surface area contributed by atoms with Crippen molar-refractivity contribution in [3.8, 4) is 5.75 Å². The monoisotopic (exact) mass is 291 g/mol. The zero-order chi connectivity index (χ0) is 14.7. The lowest BCUT2D eigenvalue weighted by atomic mass is 10.0. The van der Waals surface area contributed by atoms with Gasteiger partial charge in [0.2, 0.25) is 0 Å². The lowest BCUT2D eigenvalue weighted by Crippen LogP contribution is -2.34. The second-order valence-electron chi connectivity index (χ2n) is 4.88. The second-order valence-corrected chi connectivity index (χ2v) is 4.88. The molecular weight excluding hydrogens is 276 g/mol. The van der Waals surface area contributed by atoms with E-state index >= 15 is 0 Å². The molecule has 0 fully saturated rings. The lowest BCUT2D eigenvalue weighted by Gasteiger charge is -2.29. The number of hydrogen-bond donors (Lipinski definition) is 0. The van der Waals surface area contributed by atoms with Gasteiger partial charge in [0.1, 0.15) is 24.7 Å². The number of ether oxygens (including phenoxy) is 1. The summed E-state index contributed by atoms with van der Waals surface area (Å²) in [6, 6.07) is 6.00. The molecule has 1 atom stereocenters. The van der Waals surface area contributed by atoms with Crippen LogP contribution >= 0.6 is 0 Å². The molecule has 1 aromatic heterocycles. The minimum absolute atomic E-state index is 0.369. The van der Waals surface area contributed by atoms with Gasteiger partial charge in [0.25, 0.3) is 6.43 Å². The van der Waals surface area contributed by atoms with Crippen LogP contribution in [0, 0.1) is 0 Å². The van der Waals surface area contributed by atoms with Gasteiger partial charge in [0.05, 0.1) is 0 Å². The molecular formula is C15H15F2N3O. The van der Waals surface area contributed by atoms with Crippen molar-refractivity contribution in [2.75, 3.05) is 13.2 Å². The van der Waals surface area contributed by atoms with E-state index in [-0.39, 0.29) is 0 Å². The highest BCUT2D eigenvalue weighted by Crippen LogP contribution is 2.36. The third kappa shape index (κ3) is 3.00. The van der Waals surface area contributed by atoms with E-state index in [0.717, 1.165) is 5.56 Å². The van der Waals surface area contributed by atoms with Gasteiger partial charge in [-0.2, -0.15) is 0 Å². The third-order valence-corrected chi connectivity index (χ3v) is 3.51. The summed E-state index contributed by atoms with van der Waals surface area (Å²) < 4.78 is 32.8. The minimum Gasteiger partial charge on any atom is -0.492 e. The molecule has 0 radical (unpaired) electrons. The van der Waals surface area contributed by atoms with E-state index < -0.39 is 12.5 Å². The van der Waals surface area contributed by atoms with Gasteiger partial charge in [-0.15, -0.1) is 0 Å². The zero-order valence-electron chi connectivity index (χ0n) is 11.3. The Morgan fingerprint density at radius 1 is 1.24 bits per heavy atom. The highest BCUT2D eigenvalue weighted by atomic mass is 19.3. The van der Waals surface area contributed by atoms with Gasteiger partial charge in [-0.3, -0.25) is 4.90 Å². The molecule has 0 aliphatic carbocycles. The number of alkyl halides is 2. The third-order valence-electron chi connectivity index (χ3n) is 3.51. The first-order chi connectivity index (χ1) is 10.3. The van der Waals surface area contributed by atoms with Crippen LogP contribution in [0.4, 0.5) is 8.78 Å². The first-order valence-corrected chi connectivity index (χ1v) is 6.73. The SMILES string of the molecule is FC(F)C1c2ccccc2OCCN1Cc1cncnc1. The van der Waals surface area contributed by atoms with Crippen molar-refractivity contribution in [2.45, 2.75) is 19.0 Å². The molecule has 1 unspecified atom stereocenters. The van der Waals surface area contributed by atoms with Crippen molar-refractivity contribution < 1.29 is 13.5 Å². The molecule has 6 heteroatoms. The Hall–Kier alpha value is -2.08. The molecule has 0 saturated carbocycles. The predicted octanol–water partition coefficient (Wildman–Crippen LogP) is 2.68. The van der Waals surface area contributed by atoms with E-state index in [2.05, 4.69) is 9.97 Å². The lowest BCUT2D eigenvalue weighted by molar-refractivity contribution is 0.0206. The smallest absolute Gasteiger partial charge is 0.258 e. The molecule has 3 rings (SSSR count). The molecule has 1 aromatic carbocycles. The van der Waals surface area contributed by atoms with E-state index in [1.807, 2.05) is 0 Å².